The summed E-state index contributed by atoms with van der Waals surface area (Å²) in [6.07, 6.45) is 8.23. The first-order valence-corrected chi connectivity index (χ1v) is 6.61. The van der Waals surface area contributed by atoms with Gasteiger partial charge < -0.3 is 10.1 Å². The molecule has 0 aromatic heterocycles. The van der Waals surface area contributed by atoms with Gasteiger partial charge in [-0.3, -0.25) is 0 Å². The summed E-state index contributed by atoms with van der Waals surface area (Å²) in [7, 11) is 0. The Bertz CT molecular complexity index is 153. The summed E-state index contributed by atoms with van der Waals surface area (Å²) in [4.78, 5) is 0. The summed E-state index contributed by atoms with van der Waals surface area (Å²) >= 11 is 0. The Morgan fingerprint density at radius 3 is 2.53 bits per heavy atom. The van der Waals surface area contributed by atoms with Gasteiger partial charge in [-0.25, -0.2) is 0 Å². The second-order valence-corrected chi connectivity index (χ2v) is 4.79. The molecule has 1 aliphatic rings. The molecular weight excluding hydrogens is 186 g/mol. The molecule has 0 bridgehead atoms. The van der Waals surface area contributed by atoms with Gasteiger partial charge in [0.1, 0.15) is 0 Å². The average Bonchev–Trinajstić information content (AvgIpc) is 2.73. The van der Waals surface area contributed by atoms with E-state index < -0.39 is 0 Å². The third kappa shape index (κ3) is 4.52. The lowest BCUT2D eigenvalue weighted by atomic mass is 9.83. The third-order valence-corrected chi connectivity index (χ3v) is 3.76. The largest absolute Gasteiger partial charge is 0.382 e. The van der Waals surface area contributed by atoms with Crippen LogP contribution in [-0.4, -0.2) is 26.3 Å². The van der Waals surface area contributed by atoms with Crippen molar-refractivity contribution in [2.24, 2.45) is 5.41 Å². The fourth-order valence-electron chi connectivity index (χ4n) is 2.58. The van der Waals surface area contributed by atoms with E-state index in [1.165, 1.54) is 38.6 Å². The molecule has 0 spiro atoms. The van der Waals surface area contributed by atoms with Gasteiger partial charge in [-0.1, -0.05) is 19.8 Å². The second-order valence-electron chi connectivity index (χ2n) is 4.79. The van der Waals surface area contributed by atoms with Crippen molar-refractivity contribution >= 4 is 0 Å². The Labute approximate surface area is 94.8 Å². The number of rotatable bonds is 8. The molecule has 0 aliphatic heterocycles. The Kier molecular flexibility index (Phi) is 6.26. The maximum Gasteiger partial charge on any atom is 0.0477 e. The first-order chi connectivity index (χ1) is 7.33. The van der Waals surface area contributed by atoms with Crippen LogP contribution >= 0.6 is 0 Å². The van der Waals surface area contributed by atoms with Gasteiger partial charge in [0, 0.05) is 19.8 Å². The number of nitrogens with one attached hydrogen (secondary N) is 1. The number of hydrogen-bond acceptors (Lipinski definition) is 2. The van der Waals surface area contributed by atoms with Crippen molar-refractivity contribution in [3.05, 3.63) is 0 Å². The Morgan fingerprint density at radius 1 is 1.20 bits per heavy atom. The van der Waals surface area contributed by atoms with E-state index in [0.29, 0.717) is 5.41 Å². The molecular formula is C13H27NO. The van der Waals surface area contributed by atoms with Gasteiger partial charge >= 0.3 is 0 Å². The minimum absolute atomic E-state index is 0.631. The highest BCUT2D eigenvalue weighted by Gasteiger charge is 2.31. The van der Waals surface area contributed by atoms with Gasteiger partial charge in [-0.05, 0) is 44.6 Å². The lowest BCUT2D eigenvalue weighted by molar-refractivity contribution is 0.143. The van der Waals surface area contributed by atoms with E-state index in [1.807, 2.05) is 0 Å². The van der Waals surface area contributed by atoms with Crippen molar-refractivity contribution in [1.82, 2.24) is 5.32 Å². The van der Waals surface area contributed by atoms with Crippen molar-refractivity contribution in [3.63, 3.8) is 0 Å². The van der Waals surface area contributed by atoms with Gasteiger partial charge in [0.25, 0.3) is 0 Å². The van der Waals surface area contributed by atoms with Gasteiger partial charge in [-0.2, -0.15) is 0 Å². The van der Waals surface area contributed by atoms with E-state index in [2.05, 4.69) is 19.2 Å². The Balaban J connectivity index is 2.02. The van der Waals surface area contributed by atoms with Crippen LogP contribution in [0.25, 0.3) is 0 Å². The van der Waals surface area contributed by atoms with Crippen LogP contribution in [0.15, 0.2) is 0 Å². The van der Waals surface area contributed by atoms with E-state index in [0.717, 1.165) is 26.2 Å². The molecule has 2 heteroatoms. The molecule has 1 fully saturated rings. The molecule has 90 valence electrons. The molecule has 0 amide bonds. The molecule has 0 unspecified atom stereocenters. The summed E-state index contributed by atoms with van der Waals surface area (Å²) in [6.45, 7) is 8.48. The zero-order chi connectivity index (χ0) is 11.0. The molecule has 1 rings (SSSR count). The highest BCUT2D eigenvalue weighted by atomic mass is 16.5. The minimum Gasteiger partial charge on any atom is -0.382 e. The van der Waals surface area contributed by atoms with Gasteiger partial charge in [0.2, 0.25) is 0 Å². The summed E-state index contributed by atoms with van der Waals surface area (Å²) in [6, 6.07) is 0. The van der Waals surface area contributed by atoms with E-state index in [9.17, 15) is 0 Å². The highest BCUT2D eigenvalue weighted by molar-refractivity contribution is 4.85. The van der Waals surface area contributed by atoms with Crippen LogP contribution in [-0.2, 0) is 4.74 Å². The standard InChI is InChI=1S/C13H27NO/c1-3-13(8-5-6-9-13)12-14-10-7-11-15-4-2/h14H,3-12H2,1-2H3. The number of hydrogen-bond donors (Lipinski definition) is 1. The van der Waals surface area contributed by atoms with E-state index in [1.54, 1.807) is 0 Å². The van der Waals surface area contributed by atoms with Crippen molar-refractivity contribution in [2.75, 3.05) is 26.3 Å². The summed E-state index contributed by atoms with van der Waals surface area (Å²) in [5.74, 6) is 0. The van der Waals surface area contributed by atoms with Crippen molar-refractivity contribution in [1.29, 1.82) is 0 Å². The maximum absolute atomic E-state index is 5.32. The van der Waals surface area contributed by atoms with Crippen LogP contribution < -0.4 is 5.32 Å². The fourth-order valence-corrected chi connectivity index (χ4v) is 2.58. The van der Waals surface area contributed by atoms with Crippen LogP contribution in [0, 0.1) is 5.41 Å². The second kappa shape index (κ2) is 7.24. The van der Waals surface area contributed by atoms with Crippen LogP contribution in [0.2, 0.25) is 0 Å². The van der Waals surface area contributed by atoms with Crippen LogP contribution in [0.4, 0.5) is 0 Å². The molecule has 0 saturated heterocycles. The van der Waals surface area contributed by atoms with Crippen LogP contribution in [0.3, 0.4) is 0 Å². The van der Waals surface area contributed by atoms with Gasteiger partial charge in [0.15, 0.2) is 0 Å². The van der Waals surface area contributed by atoms with E-state index in [4.69, 9.17) is 4.74 Å². The summed E-state index contributed by atoms with van der Waals surface area (Å²) in [5, 5.41) is 3.60. The Morgan fingerprint density at radius 2 is 1.93 bits per heavy atom. The first kappa shape index (κ1) is 13.0. The molecule has 1 N–H and O–H groups in total. The van der Waals surface area contributed by atoms with Gasteiger partial charge in [-0.15, -0.1) is 0 Å². The maximum atomic E-state index is 5.32. The fraction of sp³-hybridized carbons (Fsp3) is 1.00. The summed E-state index contributed by atoms with van der Waals surface area (Å²) < 4.78 is 5.32. The van der Waals surface area contributed by atoms with Crippen molar-refractivity contribution < 1.29 is 4.74 Å². The molecule has 1 aliphatic carbocycles. The van der Waals surface area contributed by atoms with Crippen molar-refractivity contribution in [3.8, 4) is 0 Å². The molecule has 0 radical (unpaired) electrons. The molecule has 0 atom stereocenters. The SMILES string of the molecule is CCOCCCNCC1(CC)CCCC1. The molecule has 1 saturated carbocycles. The quantitative estimate of drug-likeness (QED) is 0.626. The molecule has 0 aromatic carbocycles. The van der Waals surface area contributed by atoms with E-state index in [-0.39, 0.29) is 0 Å². The zero-order valence-corrected chi connectivity index (χ0v) is 10.5. The molecule has 0 heterocycles. The lowest BCUT2D eigenvalue weighted by Gasteiger charge is -2.27. The predicted octanol–water partition coefficient (Wildman–Crippen LogP) is 2.97. The monoisotopic (exact) mass is 213 g/mol. The smallest absolute Gasteiger partial charge is 0.0477 e. The minimum atomic E-state index is 0.631. The average molecular weight is 213 g/mol. The van der Waals surface area contributed by atoms with E-state index >= 15 is 0 Å². The summed E-state index contributed by atoms with van der Waals surface area (Å²) in [5.41, 5.74) is 0.631. The topological polar surface area (TPSA) is 21.3 Å². The van der Waals surface area contributed by atoms with Crippen molar-refractivity contribution in [2.45, 2.75) is 52.4 Å². The Hall–Kier alpha value is -0.0800. The first-order valence-electron chi connectivity index (χ1n) is 6.61. The normalized spacial score (nSPS) is 19.6. The van der Waals surface area contributed by atoms with Crippen LogP contribution in [0.1, 0.15) is 52.4 Å². The lowest BCUT2D eigenvalue weighted by Crippen LogP contribution is -2.32. The van der Waals surface area contributed by atoms with Gasteiger partial charge in [0.05, 0.1) is 0 Å². The number of ether oxygens (including phenoxy) is 1. The molecule has 15 heavy (non-hydrogen) atoms. The predicted molar refractivity (Wildman–Crippen MR) is 65.2 cm³/mol. The molecule has 0 aromatic rings. The highest BCUT2D eigenvalue weighted by Crippen LogP contribution is 2.40. The molecule has 2 nitrogen and oxygen atoms in total. The third-order valence-electron chi connectivity index (χ3n) is 3.76. The van der Waals surface area contributed by atoms with Crippen LogP contribution in [0.5, 0.6) is 0 Å². The zero-order valence-electron chi connectivity index (χ0n) is 10.5.